The summed E-state index contributed by atoms with van der Waals surface area (Å²) < 4.78 is 31.6. The topological polar surface area (TPSA) is 38.1 Å². The summed E-state index contributed by atoms with van der Waals surface area (Å²) in [6.45, 7) is 0.432. The van der Waals surface area contributed by atoms with E-state index in [1.807, 2.05) is 0 Å². The molecule has 0 bridgehead atoms. The lowest BCUT2D eigenvalue weighted by molar-refractivity contribution is 0.503. The molecule has 84 valence electrons. The van der Waals surface area contributed by atoms with Crippen LogP contribution < -0.4 is 5.32 Å². The van der Waals surface area contributed by atoms with Gasteiger partial charge in [0.25, 0.3) is 0 Å². The Labute approximate surface area is 91.1 Å². The van der Waals surface area contributed by atoms with E-state index in [2.05, 4.69) is 10.3 Å². The smallest absolute Gasteiger partial charge is 0.181 e. The van der Waals surface area contributed by atoms with E-state index in [0.717, 1.165) is 6.07 Å². The molecule has 3 nitrogen and oxygen atoms in total. The largest absolute Gasteiger partial charge is 0.443 e. The minimum Gasteiger partial charge on any atom is -0.443 e. The maximum absolute atomic E-state index is 13.5. The molecule has 1 N–H and O–H groups in total. The first-order valence-electron chi connectivity index (χ1n) is 4.75. The molecule has 1 aromatic carbocycles. The lowest BCUT2D eigenvalue weighted by Gasteiger charge is -2.02. The number of nitrogens with zero attached hydrogens (tertiary/aromatic N) is 1. The quantitative estimate of drug-likeness (QED) is 0.869. The number of hydrogen-bond donors (Lipinski definition) is 1. The monoisotopic (exact) mass is 224 g/mol. The summed E-state index contributed by atoms with van der Waals surface area (Å²) >= 11 is 0. The lowest BCUT2D eigenvalue weighted by atomic mass is 10.1. The summed E-state index contributed by atoms with van der Waals surface area (Å²) in [5, 5.41) is 2.88. The second-order valence-corrected chi connectivity index (χ2v) is 3.26. The number of benzene rings is 1. The Kier molecular flexibility index (Phi) is 2.96. The molecule has 0 saturated carbocycles. The molecule has 1 aromatic heterocycles. The fourth-order valence-corrected chi connectivity index (χ4v) is 1.46. The highest BCUT2D eigenvalue weighted by molar-refractivity contribution is 5.60. The molecule has 0 aliphatic rings. The van der Waals surface area contributed by atoms with Crippen molar-refractivity contribution in [2.75, 3.05) is 7.05 Å². The first kappa shape index (κ1) is 10.8. The van der Waals surface area contributed by atoms with Gasteiger partial charge in [0.2, 0.25) is 0 Å². The molecule has 0 unspecified atom stereocenters. The SMILES string of the molecule is CNCc1ncoc1-c1cccc(F)c1F. The highest BCUT2D eigenvalue weighted by atomic mass is 19.2. The molecule has 0 radical (unpaired) electrons. The van der Waals surface area contributed by atoms with Gasteiger partial charge in [-0.05, 0) is 19.2 Å². The van der Waals surface area contributed by atoms with Crippen LogP contribution in [0.1, 0.15) is 5.69 Å². The summed E-state index contributed by atoms with van der Waals surface area (Å²) in [5.41, 5.74) is 0.634. The van der Waals surface area contributed by atoms with Crippen LogP contribution in [-0.4, -0.2) is 12.0 Å². The van der Waals surface area contributed by atoms with Crippen LogP contribution in [0.2, 0.25) is 0 Å². The standard InChI is InChI=1S/C11H10F2N2O/c1-14-5-9-11(16-6-15-9)7-3-2-4-8(12)10(7)13/h2-4,6,14H,5H2,1H3. The maximum Gasteiger partial charge on any atom is 0.181 e. The van der Waals surface area contributed by atoms with Crippen molar-refractivity contribution in [2.45, 2.75) is 6.54 Å². The Morgan fingerprint density at radius 2 is 2.19 bits per heavy atom. The third kappa shape index (κ3) is 1.81. The number of rotatable bonds is 3. The highest BCUT2D eigenvalue weighted by Crippen LogP contribution is 2.26. The average Bonchev–Trinajstić information content (AvgIpc) is 2.71. The summed E-state index contributed by atoms with van der Waals surface area (Å²) in [4.78, 5) is 3.93. The maximum atomic E-state index is 13.5. The molecular weight excluding hydrogens is 214 g/mol. The van der Waals surface area contributed by atoms with Gasteiger partial charge in [-0.3, -0.25) is 0 Å². The predicted molar refractivity (Wildman–Crippen MR) is 54.6 cm³/mol. The van der Waals surface area contributed by atoms with Gasteiger partial charge in [0.1, 0.15) is 5.69 Å². The molecule has 1 heterocycles. The second kappa shape index (κ2) is 4.40. The fraction of sp³-hybridized carbons (Fsp3) is 0.182. The number of halogens is 2. The fourth-order valence-electron chi connectivity index (χ4n) is 1.46. The van der Waals surface area contributed by atoms with E-state index in [4.69, 9.17) is 4.42 Å². The van der Waals surface area contributed by atoms with Gasteiger partial charge in [-0.2, -0.15) is 0 Å². The molecule has 0 atom stereocenters. The average molecular weight is 224 g/mol. The third-order valence-corrected chi connectivity index (χ3v) is 2.18. The zero-order valence-electron chi connectivity index (χ0n) is 8.63. The number of hydrogen-bond acceptors (Lipinski definition) is 3. The first-order chi connectivity index (χ1) is 7.74. The number of oxazole rings is 1. The van der Waals surface area contributed by atoms with Crippen LogP contribution in [0.4, 0.5) is 8.78 Å². The van der Waals surface area contributed by atoms with E-state index < -0.39 is 11.6 Å². The van der Waals surface area contributed by atoms with Crippen molar-refractivity contribution in [3.63, 3.8) is 0 Å². The molecule has 0 fully saturated rings. The van der Waals surface area contributed by atoms with Crippen molar-refractivity contribution in [2.24, 2.45) is 0 Å². The van der Waals surface area contributed by atoms with Crippen molar-refractivity contribution in [3.8, 4) is 11.3 Å². The van der Waals surface area contributed by atoms with Gasteiger partial charge in [-0.15, -0.1) is 0 Å². The molecule has 0 aliphatic heterocycles. The summed E-state index contributed by atoms with van der Waals surface area (Å²) in [5.74, 6) is -1.56. The Morgan fingerprint density at radius 1 is 1.38 bits per heavy atom. The Balaban J connectivity index is 2.50. The zero-order valence-corrected chi connectivity index (χ0v) is 8.63. The van der Waals surface area contributed by atoms with E-state index in [0.29, 0.717) is 12.2 Å². The number of nitrogens with one attached hydrogen (secondary N) is 1. The summed E-state index contributed by atoms with van der Waals surface area (Å²) in [7, 11) is 1.74. The molecule has 5 heteroatoms. The minimum atomic E-state index is -0.920. The van der Waals surface area contributed by atoms with Gasteiger partial charge in [-0.25, -0.2) is 13.8 Å². The molecule has 0 amide bonds. The molecule has 2 aromatic rings. The Morgan fingerprint density at radius 3 is 2.94 bits per heavy atom. The van der Waals surface area contributed by atoms with Crippen LogP contribution in [0.25, 0.3) is 11.3 Å². The van der Waals surface area contributed by atoms with Crippen molar-refractivity contribution >= 4 is 0 Å². The van der Waals surface area contributed by atoms with Gasteiger partial charge in [-0.1, -0.05) is 6.07 Å². The second-order valence-electron chi connectivity index (χ2n) is 3.26. The van der Waals surface area contributed by atoms with Crippen molar-refractivity contribution < 1.29 is 13.2 Å². The van der Waals surface area contributed by atoms with Crippen LogP contribution >= 0.6 is 0 Å². The third-order valence-electron chi connectivity index (χ3n) is 2.18. The zero-order chi connectivity index (χ0) is 11.5. The van der Waals surface area contributed by atoms with E-state index in [1.54, 1.807) is 7.05 Å². The Bertz CT molecular complexity index is 496. The predicted octanol–water partition coefficient (Wildman–Crippen LogP) is 2.34. The summed E-state index contributed by atoms with van der Waals surface area (Å²) in [6.07, 6.45) is 1.21. The van der Waals surface area contributed by atoms with E-state index in [1.165, 1.54) is 18.5 Å². The van der Waals surface area contributed by atoms with Gasteiger partial charge in [0.15, 0.2) is 23.8 Å². The highest BCUT2D eigenvalue weighted by Gasteiger charge is 2.16. The molecule has 2 rings (SSSR count). The van der Waals surface area contributed by atoms with E-state index in [9.17, 15) is 8.78 Å². The van der Waals surface area contributed by atoms with Crippen LogP contribution in [0, 0.1) is 11.6 Å². The van der Waals surface area contributed by atoms with Crippen LogP contribution in [0.5, 0.6) is 0 Å². The van der Waals surface area contributed by atoms with E-state index >= 15 is 0 Å². The van der Waals surface area contributed by atoms with Crippen LogP contribution in [-0.2, 0) is 6.54 Å². The minimum absolute atomic E-state index is 0.0859. The molecule has 0 aliphatic carbocycles. The van der Waals surface area contributed by atoms with Crippen molar-refractivity contribution in [1.29, 1.82) is 0 Å². The van der Waals surface area contributed by atoms with Crippen LogP contribution in [0.3, 0.4) is 0 Å². The first-order valence-corrected chi connectivity index (χ1v) is 4.75. The number of aromatic nitrogens is 1. The van der Waals surface area contributed by atoms with Crippen LogP contribution in [0.15, 0.2) is 29.0 Å². The Hall–Kier alpha value is -1.75. The summed E-state index contributed by atoms with van der Waals surface area (Å²) in [6, 6.07) is 3.95. The molecular formula is C11H10F2N2O. The van der Waals surface area contributed by atoms with Gasteiger partial charge in [0.05, 0.1) is 5.56 Å². The van der Waals surface area contributed by atoms with Gasteiger partial charge in [0, 0.05) is 6.54 Å². The van der Waals surface area contributed by atoms with Crippen molar-refractivity contribution in [3.05, 3.63) is 41.9 Å². The molecule has 16 heavy (non-hydrogen) atoms. The van der Waals surface area contributed by atoms with Gasteiger partial charge >= 0.3 is 0 Å². The normalized spacial score (nSPS) is 10.7. The van der Waals surface area contributed by atoms with Crippen molar-refractivity contribution in [1.82, 2.24) is 10.3 Å². The lowest BCUT2D eigenvalue weighted by Crippen LogP contribution is -2.06. The molecule has 0 saturated heterocycles. The van der Waals surface area contributed by atoms with Gasteiger partial charge < -0.3 is 9.73 Å². The van der Waals surface area contributed by atoms with E-state index in [-0.39, 0.29) is 11.3 Å². The molecule has 0 spiro atoms.